The molecule has 4 rings (SSSR count). The Morgan fingerprint density at radius 1 is 0.912 bits per heavy atom. The number of rotatable bonds is 6. The highest BCUT2D eigenvalue weighted by molar-refractivity contribution is 8.19. The molecule has 1 aliphatic heterocycles. The molecule has 0 N–H and O–H groups in total. The van der Waals surface area contributed by atoms with E-state index in [2.05, 4.69) is 26.0 Å². The lowest BCUT2D eigenvalue weighted by molar-refractivity contribution is -0.113. The molecule has 0 bridgehead atoms. The van der Waals surface area contributed by atoms with Crippen LogP contribution in [0.5, 0.6) is 0 Å². The second-order valence-corrected chi connectivity index (χ2v) is 8.81. The van der Waals surface area contributed by atoms with Crippen LogP contribution in [0.4, 0.5) is 11.4 Å². The van der Waals surface area contributed by atoms with Gasteiger partial charge in [-0.1, -0.05) is 50.2 Å². The second-order valence-electron chi connectivity index (χ2n) is 7.80. The predicted octanol–water partition coefficient (Wildman–Crippen LogP) is 6.41. The standard InChI is InChI=1S/C28H26N2O3S/c1-4-19-8-14-23(15-9-19)29-28-30(24-16-10-20(5-2)11-17-24)26(31)25(34-28)18-21-6-12-22(13-7-21)27(32)33-3/h6-18H,4-5H2,1-3H3/b25-18-,29-28?. The number of thioether (sulfide) groups is 1. The zero-order chi connectivity index (χ0) is 24.1. The fourth-order valence-corrected chi connectivity index (χ4v) is 4.56. The van der Waals surface area contributed by atoms with Crippen molar-refractivity contribution in [1.82, 2.24) is 0 Å². The minimum atomic E-state index is -0.393. The minimum Gasteiger partial charge on any atom is -0.465 e. The van der Waals surface area contributed by atoms with Crippen molar-refractivity contribution in [3.05, 3.63) is 100.0 Å². The average Bonchev–Trinajstić information content (AvgIpc) is 3.18. The van der Waals surface area contributed by atoms with Gasteiger partial charge >= 0.3 is 5.97 Å². The van der Waals surface area contributed by atoms with Crippen LogP contribution in [0.3, 0.4) is 0 Å². The van der Waals surface area contributed by atoms with Crippen LogP contribution >= 0.6 is 11.8 Å². The smallest absolute Gasteiger partial charge is 0.337 e. The number of esters is 1. The average molecular weight is 471 g/mol. The van der Waals surface area contributed by atoms with Gasteiger partial charge in [0.15, 0.2) is 5.17 Å². The van der Waals surface area contributed by atoms with Gasteiger partial charge in [-0.25, -0.2) is 9.79 Å². The summed E-state index contributed by atoms with van der Waals surface area (Å²) < 4.78 is 4.76. The minimum absolute atomic E-state index is 0.129. The molecule has 3 aromatic rings. The fraction of sp³-hybridized carbons (Fsp3) is 0.179. The van der Waals surface area contributed by atoms with Crippen molar-refractivity contribution in [1.29, 1.82) is 0 Å². The maximum absolute atomic E-state index is 13.5. The first kappa shape index (κ1) is 23.5. The monoisotopic (exact) mass is 470 g/mol. The summed E-state index contributed by atoms with van der Waals surface area (Å²) in [6.07, 6.45) is 3.71. The second kappa shape index (κ2) is 10.5. The van der Waals surface area contributed by atoms with Gasteiger partial charge in [0.1, 0.15) is 0 Å². The van der Waals surface area contributed by atoms with Crippen molar-refractivity contribution in [3.63, 3.8) is 0 Å². The molecule has 0 saturated carbocycles. The van der Waals surface area contributed by atoms with E-state index in [1.54, 1.807) is 29.2 Å². The third-order valence-electron chi connectivity index (χ3n) is 5.61. The Morgan fingerprint density at radius 2 is 1.50 bits per heavy atom. The molecule has 3 aromatic carbocycles. The molecule has 0 aliphatic carbocycles. The van der Waals surface area contributed by atoms with Gasteiger partial charge in [-0.15, -0.1) is 0 Å². The maximum Gasteiger partial charge on any atom is 0.337 e. The van der Waals surface area contributed by atoms with E-state index in [0.717, 1.165) is 29.8 Å². The quantitative estimate of drug-likeness (QED) is 0.309. The van der Waals surface area contributed by atoms with E-state index in [4.69, 9.17) is 9.73 Å². The molecule has 6 heteroatoms. The van der Waals surface area contributed by atoms with Crippen molar-refractivity contribution in [2.24, 2.45) is 4.99 Å². The SMILES string of the molecule is CCc1ccc(N=C2S/C(=C\c3ccc(C(=O)OC)cc3)C(=O)N2c2ccc(CC)cc2)cc1. The number of hydrogen-bond donors (Lipinski definition) is 0. The van der Waals surface area contributed by atoms with Crippen molar-refractivity contribution in [2.75, 3.05) is 12.0 Å². The molecular formula is C28H26N2O3S. The lowest BCUT2D eigenvalue weighted by Crippen LogP contribution is -2.28. The normalized spacial score (nSPS) is 15.9. The van der Waals surface area contributed by atoms with Crippen molar-refractivity contribution in [3.8, 4) is 0 Å². The van der Waals surface area contributed by atoms with Crippen LogP contribution in [-0.4, -0.2) is 24.2 Å². The summed E-state index contributed by atoms with van der Waals surface area (Å²) in [4.78, 5) is 32.2. The third-order valence-corrected chi connectivity index (χ3v) is 6.58. The zero-order valence-electron chi connectivity index (χ0n) is 19.4. The molecule has 0 aromatic heterocycles. The van der Waals surface area contributed by atoms with Gasteiger partial charge in [-0.2, -0.15) is 0 Å². The van der Waals surface area contributed by atoms with E-state index in [-0.39, 0.29) is 5.91 Å². The maximum atomic E-state index is 13.5. The van der Waals surface area contributed by atoms with E-state index in [0.29, 0.717) is 15.6 Å². The number of hydrogen-bond acceptors (Lipinski definition) is 5. The predicted molar refractivity (Wildman–Crippen MR) is 140 cm³/mol. The highest BCUT2D eigenvalue weighted by Crippen LogP contribution is 2.37. The number of carbonyl (C=O) groups is 2. The van der Waals surface area contributed by atoms with Gasteiger partial charge < -0.3 is 4.74 Å². The Bertz CT molecular complexity index is 1240. The Morgan fingerprint density at radius 3 is 2.06 bits per heavy atom. The number of carbonyl (C=O) groups excluding carboxylic acids is 2. The lowest BCUT2D eigenvalue weighted by Gasteiger charge is -2.16. The van der Waals surface area contributed by atoms with Crippen LogP contribution in [0.1, 0.15) is 40.9 Å². The van der Waals surface area contributed by atoms with Gasteiger partial charge in [0.2, 0.25) is 0 Å². The highest BCUT2D eigenvalue weighted by Gasteiger charge is 2.34. The summed E-state index contributed by atoms with van der Waals surface area (Å²) in [5.41, 5.74) is 5.30. The van der Waals surface area contributed by atoms with Crippen LogP contribution in [0.2, 0.25) is 0 Å². The molecule has 34 heavy (non-hydrogen) atoms. The van der Waals surface area contributed by atoms with Crippen molar-refractivity contribution >= 4 is 46.3 Å². The Balaban J connectivity index is 1.70. The van der Waals surface area contributed by atoms with Crippen LogP contribution in [-0.2, 0) is 22.4 Å². The van der Waals surface area contributed by atoms with E-state index in [1.807, 2.05) is 42.5 Å². The molecule has 5 nitrogen and oxygen atoms in total. The first-order valence-electron chi connectivity index (χ1n) is 11.2. The number of benzene rings is 3. The number of amidine groups is 1. The molecule has 0 atom stereocenters. The Kier molecular flexibility index (Phi) is 7.28. The molecule has 1 heterocycles. The summed E-state index contributed by atoms with van der Waals surface area (Å²) in [6.45, 7) is 4.22. The van der Waals surface area contributed by atoms with E-state index in [9.17, 15) is 9.59 Å². The van der Waals surface area contributed by atoms with E-state index >= 15 is 0 Å². The van der Waals surface area contributed by atoms with Crippen LogP contribution in [0.25, 0.3) is 6.08 Å². The summed E-state index contributed by atoms with van der Waals surface area (Å²) in [7, 11) is 1.35. The number of anilines is 1. The van der Waals surface area contributed by atoms with Gasteiger partial charge in [-0.05, 0) is 83.8 Å². The molecule has 1 fully saturated rings. The molecule has 0 radical (unpaired) electrons. The largest absolute Gasteiger partial charge is 0.465 e. The van der Waals surface area contributed by atoms with Crippen molar-refractivity contribution in [2.45, 2.75) is 26.7 Å². The summed E-state index contributed by atoms with van der Waals surface area (Å²) in [5.74, 6) is -0.522. The lowest BCUT2D eigenvalue weighted by atomic mass is 10.1. The number of methoxy groups -OCH3 is 1. The fourth-order valence-electron chi connectivity index (χ4n) is 3.56. The van der Waals surface area contributed by atoms with Crippen LogP contribution in [0.15, 0.2) is 82.7 Å². The first-order chi connectivity index (χ1) is 16.5. The van der Waals surface area contributed by atoms with Gasteiger partial charge in [0.05, 0.1) is 29.0 Å². The third kappa shape index (κ3) is 5.13. The summed E-state index contributed by atoms with van der Waals surface area (Å²) in [6, 6.07) is 23.0. The Hall–Kier alpha value is -3.64. The van der Waals surface area contributed by atoms with Gasteiger partial charge in [0, 0.05) is 0 Å². The number of nitrogens with zero attached hydrogens (tertiary/aromatic N) is 2. The van der Waals surface area contributed by atoms with Gasteiger partial charge in [0.25, 0.3) is 5.91 Å². The highest BCUT2D eigenvalue weighted by atomic mass is 32.2. The molecule has 0 unspecified atom stereocenters. The Labute approximate surface area is 204 Å². The van der Waals surface area contributed by atoms with E-state index in [1.165, 1.54) is 30.0 Å². The van der Waals surface area contributed by atoms with Crippen LogP contribution < -0.4 is 4.90 Å². The molecule has 172 valence electrons. The van der Waals surface area contributed by atoms with Crippen molar-refractivity contribution < 1.29 is 14.3 Å². The van der Waals surface area contributed by atoms with E-state index < -0.39 is 5.97 Å². The molecule has 1 saturated heterocycles. The summed E-state index contributed by atoms with van der Waals surface area (Å²) >= 11 is 1.34. The van der Waals surface area contributed by atoms with Gasteiger partial charge in [-0.3, -0.25) is 9.69 Å². The summed E-state index contributed by atoms with van der Waals surface area (Å²) in [5, 5.41) is 0.607. The topological polar surface area (TPSA) is 59.0 Å². The molecule has 1 aliphatic rings. The molecular weight excluding hydrogens is 444 g/mol. The number of amides is 1. The first-order valence-corrected chi connectivity index (χ1v) is 12.0. The number of ether oxygens (including phenoxy) is 1. The number of aliphatic imine (C=N–C) groups is 1. The zero-order valence-corrected chi connectivity index (χ0v) is 20.3. The molecule has 0 spiro atoms. The van der Waals surface area contributed by atoms with Crippen LogP contribution in [0, 0.1) is 0 Å². The number of aryl methyl sites for hydroxylation is 2. The molecule has 1 amide bonds.